The summed E-state index contributed by atoms with van der Waals surface area (Å²) in [4.78, 5) is 0. The van der Waals surface area contributed by atoms with Crippen molar-refractivity contribution in [2.75, 3.05) is 18.6 Å². The largest absolute Gasteiger partial charge is 0.416 e. The molecule has 0 fully saturated rings. The fourth-order valence-electron chi connectivity index (χ4n) is 1.30. The number of nitrogens with one attached hydrogen (secondary N) is 1. The van der Waals surface area contributed by atoms with Crippen LogP contribution in [0.4, 0.5) is 13.2 Å². The van der Waals surface area contributed by atoms with Crippen molar-refractivity contribution in [3.63, 3.8) is 0 Å². The second-order valence-corrected chi connectivity index (χ2v) is 6.26. The van der Waals surface area contributed by atoms with Gasteiger partial charge in [-0.15, -0.1) is 0 Å². The van der Waals surface area contributed by atoms with Crippen molar-refractivity contribution in [1.29, 1.82) is 0 Å². The highest BCUT2D eigenvalue weighted by Gasteiger charge is 2.29. The topological polar surface area (TPSA) is 46.2 Å². The number of hydrogen-bond donors (Lipinski definition) is 1. The normalized spacial score (nSPS) is 12.7. The van der Waals surface area contributed by atoms with Crippen LogP contribution in [0.25, 0.3) is 0 Å². The lowest BCUT2D eigenvalue weighted by molar-refractivity contribution is -0.137. The molecular weight excluding hydrogens is 267 g/mol. The molecule has 0 aromatic heterocycles. The van der Waals surface area contributed by atoms with Gasteiger partial charge in [-0.1, -0.05) is 12.1 Å². The van der Waals surface area contributed by atoms with E-state index in [1.807, 2.05) is 0 Å². The first kappa shape index (κ1) is 15.0. The Balaban J connectivity index is 2.45. The molecule has 0 bridgehead atoms. The summed E-state index contributed by atoms with van der Waals surface area (Å²) in [6.07, 6.45) is -3.20. The summed E-state index contributed by atoms with van der Waals surface area (Å²) in [5.74, 6) is 0.00757. The fraction of sp³-hybridized carbons (Fsp3) is 0.455. The second-order valence-electron chi connectivity index (χ2n) is 4.00. The van der Waals surface area contributed by atoms with Crippen LogP contribution in [0.5, 0.6) is 0 Å². The lowest BCUT2D eigenvalue weighted by Crippen LogP contribution is -2.21. The van der Waals surface area contributed by atoms with Crippen LogP contribution in [0, 0.1) is 0 Å². The Bertz CT molecular complexity index is 480. The zero-order chi connectivity index (χ0) is 13.8. The van der Waals surface area contributed by atoms with Crippen LogP contribution in [-0.4, -0.2) is 27.0 Å². The van der Waals surface area contributed by atoms with Gasteiger partial charge in [0, 0.05) is 19.3 Å². The highest BCUT2D eigenvalue weighted by Crippen LogP contribution is 2.28. The predicted molar refractivity (Wildman–Crippen MR) is 62.9 cm³/mol. The van der Waals surface area contributed by atoms with Gasteiger partial charge in [0.25, 0.3) is 0 Å². The predicted octanol–water partition coefficient (Wildman–Crippen LogP) is 1.84. The second kappa shape index (κ2) is 5.71. The molecule has 1 N–H and O–H groups in total. The Morgan fingerprint density at radius 2 is 1.72 bits per heavy atom. The van der Waals surface area contributed by atoms with Crippen molar-refractivity contribution in [3.05, 3.63) is 35.4 Å². The van der Waals surface area contributed by atoms with Gasteiger partial charge in [0.1, 0.15) is 9.84 Å². The molecule has 0 aliphatic rings. The van der Waals surface area contributed by atoms with Crippen LogP contribution >= 0.6 is 0 Å². The third kappa shape index (κ3) is 5.50. The Kier molecular flexibility index (Phi) is 4.75. The Morgan fingerprint density at radius 3 is 2.17 bits per heavy atom. The zero-order valence-corrected chi connectivity index (χ0v) is 10.6. The first-order valence-corrected chi connectivity index (χ1v) is 7.29. The first-order chi connectivity index (χ1) is 8.18. The minimum Gasteiger partial charge on any atom is -0.312 e. The quantitative estimate of drug-likeness (QED) is 0.838. The van der Waals surface area contributed by atoms with Gasteiger partial charge >= 0.3 is 6.18 Å². The molecule has 0 amide bonds. The van der Waals surface area contributed by atoms with Crippen molar-refractivity contribution in [3.8, 4) is 0 Å². The van der Waals surface area contributed by atoms with Crippen LogP contribution in [0.1, 0.15) is 11.1 Å². The van der Waals surface area contributed by atoms with E-state index in [0.29, 0.717) is 12.1 Å². The minimum atomic E-state index is -4.33. The van der Waals surface area contributed by atoms with Crippen molar-refractivity contribution in [2.24, 2.45) is 0 Å². The summed E-state index contributed by atoms with van der Waals surface area (Å²) in [6.45, 7) is 0.619. The van der Waals surface area contributed by atoms with Gasteiger partial charge < -0.3 is 5.32 Å². The molecule has 0 unspecified atom stereocenters. The molecule has 1 rings (SSSR count). The molecule has 1 aromatic rings. The average Bonchev–Trinajstić information content (AvgIpc) is 2.22. The minimum absolute atomic E-state index is 0.00757. The van der Waals surface area contributed by atoms with Crippen molar-refractivity contribution < 1.29 is 21.6 Å². The summed E-state index contributed by atoms with van der Waals surface area (Å²) < 4.78 is 58.5. The maximum absolute atomic E-state index is 12.3. The monoisotopic (exact) mass is 281 g/mol. The highest BCUT2D eigenvalue weighted by molar-refractivity contribution is 7.90. The van der Waals surface area contributed by atoms with E-state index in [-0.39, 0.29) is 12.3 Å². The van der Waals surface area contributed by atoms with E-state index < -0.39 is 21.6 Å². The zero-order valence-electron chi connectivity index (χ0n) is 9.79. The lowest BCUT2D eigenvalue weighted by Gasteiger charge is -2.08. The lowest BCUT2D eigenvalue weighted by atomic mass is 10.1. The molecule has 0 spiro atoms. The van der Waals surface area contributed by atoms with Crippen LogP contribution in [-0.2, 0) is 22.6 Å². The Morgan fingerprint density at radius 1 is 1.17 bits per heavy atom. The van der Waals surface area contributed by atoms with Crippen LogP contribution in [0.15, 0.2) is 24.3 Å². The SMILES string of the molecule is CS(=O)(=O)CCNCc1ccc(C(F)(F)F)cc1. The molecule has 1 aromatic carbocycles. The fourth-order valence-corrected chi connectivity index (χ4v) is 1.82. The van der Waals surface area contributed by atoms with Gasteiger partial charge in [-0.3, -0.25) is 0 Å². The van der Waals surface area contributed by atoms with Gasteiger partial charge in [-0.25, -0.2) is 8.42 Å². The number of hydrogen-bond acceptors (Lipinski definition) is 3. The van der Waals surface area contributed by atoms with E-state index >= 15 is 0 Å². The highest BCUT2D eigenvalue weighted by atomic mass is 32.2. The van der Waals surface area contributed by atoms with E-state index in [1.165, 1.54) is 12.1 Å². The molecule has 102 valence electrons. The van der Waals surface area contributed by atoms with Gasteiger partial charge in [0.2, 0.25) is 0 Å². The van der Waals surface area contributed by atoms with E-state index in [1.54, 1.807) is 0 Å². The van der Waals surface area contributed by atoms with E-state index in [2.05, 4.69) is 5.32 Å². The third-order valence-corrected chi connectivity index (χ3v) is 3.21. The van der Waals surface area contributed by atoms with Gasteiger partial charge in [-0.05, 0) is 17.7 Å². The van der Waals surface area contributed by atoms with Crippen molar-refractivity contribution in [2.45, 2.75) is 12.7 Å². The molecule has 0 aliphatic heterocycles. The number of alkyl halides is 3. The molecule has 7 heteroatoms. The van der Waals surface area contributed by atoms with Crippen molar-refractivity contribution in [1.82, 2.24) is 5.32 Å². The molecule has 0 aliphatic carbocycles. The van der Waals surface area contributed by atoms with Gasteiger partial charge in [-0.2, -0.15) is 13.2 Å². The number of halogens is 3. The Hall–Kier alpha value is -1.08. The van der Waals surface area contributed by atoms with E-state index in [4.69, 9.17) is 0 Å². The number of rotatable bonds is 5. The van der Waals surface area contributed by atoms with Crippen LogP contribution < -0.4 is 5.32 Å². The summed E-state index contributed by atoms with van der Waals surface area (Å²) in [5, 5.41) is 2.86. The molecule has 18 heavy (non-hydrogen) atoms. The maximum Gasteiger partial charge on any atom is 0.416 e. The average molecular weight is 281 g/mol. The molecule has 0 saturated carbocycles. The van der Waals surface area contributed by atoms with E-state index in [9.17, 15) is 21.6 Å². The number of benzene rings is 1. The summed E-state index contributed by atoms with van der Waals surface area (Å²) in [6, 6.07) is 4.76. The van der Waals surface area contributed by atoms with E-state index in [0.717, 1.165) is 18.4 Å². The molecule has 3 nitrogen and oxygen atoms in total. The third-order valence-electron chi connectivity index (χ3n) is 2.26. The van der Waals surface area contributed by atoms with Crippen molar-refractivity contribution >= 4 is 9.84 Å². The molecule has 0 heterocycles. The smallest absolute Gasteiger partial charge is 0.312 e. The molecule has 0 atom stereocenters. The first-order valence-electron chi connectivity index (χ1n) is 5.23. The number of sulfone groups is 1. The summed E-state index contributed by atoms with van der Waals surface area (Å²) >= 11 is 0. The Labute approximate surface area is 104 Å². The molecule has 0 radical (unpaired) electrons. The summed E-state index contributed by atoms with van der Waals surface area (Å²) in [7, 11) is -3.02. The van der Waals surface area contributed by atoms with Gasteiger partial charge in [0.05, 0.1) is 11.3 Å². The molecule has 0 saturated heterocycles. The van der Waals surface area contributed by atoms with Crippen LogP contribution in [0.2, 0.25) is 0 Å². The summed E-state index contributed by atoms with van der Waals surface area (Å²) in [5.41, 5.74) is -0.0149. The maximum atomic E-state index is 12.3. The molecular formula is C11H14F3NO2S. The standard InChI is InChI=1S/C11H14F3NO2S/c1-18(16,17)7-6-15-8-9-2-4-10(5-3-9)11(12,13)14/h2-5,15H,6-8H2,1H3. The van der Waals surface area contributed by atoms with Gasteiger partial charge in [0.15, 0.2) is 0 Å². The van der Waals surface area contributed by atoms with Crippen LogP contribution in [0.3, 0.4) is 0 Å².